The van der Waals surface area contributed by atoms with Crippen LogP contribution in [0.2, 0.25) is 0 Å². The number of aromatic amines is 1. The van der Waals surface area contributed by atoms with E-state index < -0.39 is 0 Å². The molecule has 2 aromatic rings. The minimum atomic E-state index is 0.213. The first-order chi connectivity index (χ1) is 8.74. The lowest BCUT2D eigenvalue weighted by atomic mass is 10.2. The number of nitrogens with one attached hydrogen (secondary N) is 1. The molecule has 0 aliphatic carbocycles. The summed E-state index contributed by atoms with van der Waals surface area (Å²) in [4.78, 5) is 0. The number of aryl methyl sites for hydroxylation is 1. The van der Waals surface area contributed by atoms with Gasteiger partial charge in [-0.3, -0.25) is 14.3 Å². The zero-order valence-electron chi connectivity index (χ0n) is 10.0. The van der Waals surface area contributed by atoms with Crippen molar-refractivity contribution in [3.8, 4) is 11.5 Å². The van der Waals surface area contributed by atoms with Crippen molar-refractivity contribution >= 4 is 12.2 Å². The van der Waals surface area contributed by atoms with Crippen LogP contribution < -0.4 is 0 Å². The molecular formula is C10H14N6OS. The van der Waals surface area contributed by atoms with E-state index in [1.165, 1.54) is 0 Å². The summed E-state index contributed by atoms with van der Waals surface area (Å²) in [7, 11) is 1.82. The molecule has 1 N–H and O–H groups in total. The Labute approximate surface area is 109 Å². The summed E-state index contributed by atoms with van der Waals surface area (Å²) >= 11 is 5.25. The lowest BCUT2D eigenvalue weighted by Gasteiger charge is -2.10. The Morgan fingerprint density at radius 3 is 3.17 bits per heavy atom. The second-order valence-corrected chi connectivity index (χ2v) is 4.76. The molecule has 1 saturated heterocycles. The van der Waals surface area contributed by atoms with Crippen molar-refractivity contribution in [2.45, 2.75) is 25.5 Å². The summed E-state index contributed by atoms with van der Waals surface area (Å²) in [5.74, 6) is 0.712. The Bertz CT molecular complexity index is 594. The highest BCUT2D eigenvalue weighted by atomic mass is 32.1. The van der Waals surface area contributed by atoms with Crippen LogP contribution >= 0.6 is 12.2 Å². The van der Waals surface area contributed by atoms with Crippen molar-refractivity contribution in [2.24, 2.45) is 7.05 Å². The number of ether oxygens (including phenoxy) is 1. The summed E-state index contributed by atoms with van der Waals surface area (Å²) < 4.78 is 9.78. The van der Waals surface area contributed by atoms with Crippen LogP contribution in [0.4, 0.5) is 0 Å². The van der Waals surface area contributed by atoms with E-state index in [0.29, 0.717) is 22.8 Å². The van der Waals surface area contributed by atoms with Crippen molar-refractivity contribution in [1.82, 2.24) is 29.8 Å². The first kappa shape index (κ1) is 11.5. The molecule has 0 spiro atoms. The molecule has 18 heavy (non-hydrogen) atoms. The van der Waals surface area contributed by atoms with Crippen LogP contribution in [0, 0.1) is 4.77 Å². The maximum absolute atomic E-state index is 5.63. The van der Waals surface area contributed by atoms with E-state index in [2.05, 4.69) is 20.5 Å². The second kappa shape index (κ2) is 4.62. The smallest absolute Gasteiger partial charge is 0.195 e. The lowest BCUT2D eigenvalue weighted by molar-refractivity contribution is 0.0969. The number of hydrogen-bond donors (Lipinski definition) is 1. The van der Waals surface area contributed by atoms with E-state index in [0.717, 1.165) is 19.4 Å². The van der Waals surface area contributed by atoms with Crippen molar-refractivity contribution in [1.29, 1.82) is 0 Å². The van der Waals surface area contributed by atoms with E-state index >= 15 is 0 Å². The van der Waals surface area contributed by atoms with Gasteiger partial charge in [-0.25, -0.2) is 0 Å². The van der Waals surface area contributed by atoms with E-state index in [-0.39, 0.29) is 6.10 Å². The molecule has 96 valence electrons. The highest BCUT2D eigenvalue weighted by molar-refractivity contribution is 7.71. The standard InChI is InChI=1S/C10H14N6OS/c1-15-6-8(11-14-15)9-12-13-10(18)16(9)5-7-3-2-4-17-7/h6-7H,2-5H2,1H3,(H,13,18). The summed E-state index contributed by atoms with van der Waals surface area (Å²) in [6, 6.07) is 0. The molecule has 0 radical (unpaired) electrons. The van der Waals surface area contributed by atoms with Crippen molar-refractivity contribution in [3.63, 3.8) is 0 Å². The molecule has 1 aliphatic heterocycles. The second-order valence-electron chi connectivity index (χ2n) is 4.38. The summed E-state index contributed by atoms with van der Waals surface area (Å²) in [6.45, 7) is 1.54. The molecule has 1 unspecified atom stereocenters. The number of aromatic nitrogens is 6. The minimum Gasteiger partial charge on any atom is -0.376 e. The number of H-pyrrole nitrogens is 1. The molecule has 0 bridgehead atoms. The fourth-order valence-corrected chi connectivity index (χ4v) is 2.33. The third-order valence-corrected chi connectivity index (χ3v) is 3.31. The van der Waals surface area contributed by atoms with Gasteiger partial charge in [-0.05, 0) is 25.1 Å². The number of nitrogens with zero attached hydrogens (tertiary/aromatic N) is 5. The predicted molar refractivity (Wildman–Crippen MR) is 66.4 cm³/mol. The molecule has 3 heterocycles. The largest absolute Gasteiger partial charge is 0.376 e. The van der Waals surface area contributed by atoms with Crippen molar-refractivity contribution in [3.05, 3.63) is 11.0 Å². The van der Waals surface area contributed by atoms with Gasteiger partial charge in [-0.1, -0.05) is 5.21 Å². The van der Waals surface area contributed by atoms with Gasteiger partial charge in [0.2, 0.25) is 0 Å². The third kappa shape index (κ3) is 2.08. The molecule has 0 saturated carbocycles. The molecule has 1 atom stereocenters. The summed E-state index contributed by atoms with van der Waals surface area (Å²) in [5.41, 5.74) is 0.711. The van der Waals surface area contributed by atoms with Crippen LogP contribution in [0.15, 0.2) is 6.20 Å². The normalized spacial score (nSPS) is 19.5. The summed E-state index contributed by atoms with van der Waals surface area (Å²) in [5, 5.41) is 15.0. The average molecular weight is 266 g/mol. The molecule has 0 aromatic carbocycles. The third-order valence-electron chi connectivity index (χ3n) is 3.00. The molecule has 8 heteroatoms. The minimum absolute atomic E-state index is 0.213. The van der Waals surface area contributed by atoms with Gasteiger partial charge in [0.15, 0.2) is 10.6 Å². The first-order valence-electron chi connectivity index (χ1n) is 5.87. The molecule has 7 nitrogen and oxygen atoms in total. The van der Waals surface area contributed by atoms with Gasteiger partial charge in [0, 0.05) is 13.7 Å². The van der Waals surface area contributed by atoms with E-state index in [1.54, 1.807) is 4.68 Å². The van der Waals surface area contributed by atoms with Crippen LogP contribution in [0.1, 0.15) is 12.8 Å². The Balaban J connectivity index is 1.93. The quantitative estimate of drug-likeness (QED) is 0.836. The lowest BCUT2D eigenvalue weighted by Crippen LogP contribution is -2.16. The Kier molecular flexibility index (Phi) is 2.96. The van der Waals surface area contributed by atoms with Crippen molar-refractivity contribution < 1.29 is 4.74 Å². The van der Waals surface area contributed by atoms with Crippen LogP contribution in [-0.2, 0) is 18.3 Å². The van der Waals surface area contributed by atoms with Gasteiger partial charge >= 0.3 is 0 Å². The fraction of sp³-hybridized carbons (Fsp3) is 0.600. The van der Waals surface area contributed by atoms with E-state index in [1.807, 2.05) is 17.8 Å². The number of hydrogen-bond acceptors (Lipinski definition) is 5. The molecule has 2 aromatic heterocycles. The zero-order valence-corrected chi connectivity index (χ0v) is 10.9. The topological polar surface area (TPSA) is 73.5 Å². The maximum atomic E-state index is 5.63. The first-order valence-corrected chi connectivity index (χ1v) is 6.28. The van der Waals surface area contributed by atoms with Gasteiger partial charge in [0.25, 0.3) is 0 Å². The van der Waals surface area contributed by atoms with E-state index in [9.17, 15) is 0 Å². The van der Waals surface area contributed by atoms with Crippen LogP contribution in [0.25, 0.3) is 11.5 Å². The van der Waals surface area contributed by atoms with Gasteiger partial charge < -0.3 is 4.74 Å². The SMILES string of the molecule is Cn1cc(-c2n[nH]c(=S)n2CC2CCCO2)nn1. The van der Waals surface area contributed by atoms with E-state index in [4.69, 9.17) is 17.0 Å². The summed E-state index contributed by atoms with van der Waals surface area (Å²) in [6.07, 6.45) is 4.20. The fourth-order valence-electron chi connectivity index (χ4n) is 2.12. The number of rotatable bonds is 3. The van der Waals surface area contributed by atoms with Crippen molar-refractivity contribution in [2.75, 3.05) is 6.61 Å². The Hall–Kier alpha value is -1.54. The van der Waals surface area contributed by atoms with Crippen LogP contribution in [0.5, 0.6) is 0 Å². The van der Waals surface area contributed by atoms with Crippen LogP contribution in [0.3, 0.4) is 0 Å². The van der Waals surface area contributed by atoms with Gasteiger partial charge in [-0.15, -0.1) is 5.10 Å². The molecule has 0 amide bonds. The Morgan fingerprint density at radius 1 is 1.61 bits per heavy atom. The highest BCUT2D eigenvalue weighted by Gasteiger charge is 2.20. The van der Waals surface area contributed by atoms with Gasteiger partial charge in [-0.2, -0.15) is 5.10 Å². The zero-order chi connectivity index (χ0) is 12.5. The molecule has 1 aliphatic rings. The maximum Gasteiger partial charge on any atom is 0.195 e. The van der Waals surface area contributed by atoms with Gasteiger partial charge in [0.05, 0.1) is 18.8 Å². The monoisotopic (exact) mass is 266 g/mol. The molecule has 1 fully saturated rings. The predicted octanol–water partition coefficient (Wildman–Crippen LogP) is 0.915. The average Bonchev–Trinajstić information content (AvgIpc) is 3.04. The highest BCUT2D eigenvalue weighted by Crippen LogP contribution is 2.18. The molecule has 3 rings (SSSR count). The van der Waals surface area contributed by atoms with Gasteiger partial charge in [0.1, 0.15) is 5.69 Å². The Morgan fingerprint density at radius 2 is 2.50 bits per heavy atom. The van der Waals surface area contributed by atoms with Crippen LogP contribution in [-0.4, -0.2) is 42.5 Å². The molecular weight excluding hydrogens is 252 g/mol.